The zero-order valence-electron chi connectivity index (χ0n) is 25.0. The number of benzene rings is 4. The molecule has 13 heteroatoms. The Morgan fingerprint density at radius 3 is 1.16 bits per heavy atom. The molecule has 0 amide bonds. The normalized spacial score (nSPS) is 10.4. The highest BCUT2D eigenvalue weighted by Crippen LogP contribution is 2.30. The van der Waals surface area contributed by atoms with E-state index in [4.69, 9.17) is 43.2 Å². The van der Waals surface area contributed by atoms with Crippen LogP contribution in [0.2, 0.25) is 0 Å². The minimum absolute atomic E-state index is 0.0943. The third-order valence-electron chi connectivity index (χ3n) is 6.57. The maximum Gasteiger partial charge on any atom is 0.336 e. The first-order valence-electron chi connectivity index (χ1n) is 14.1. The fourth-order valence-corrected chi connectivity index (χ4v) is 4.25. The summed E-state index contributed by atoms with van der Waals surface area (Å²) in [6, 6.07) is 28.8. The second-order valence-electron chi connectivity index (χ2n) is 10.0. The van der Waals surface area contributed by atoms with Crippen LogP contribution in [0, 0.1) is 0 Å². The van der Waals surface area contributed by atoms with E-state index in [1.807, 2.05) is 18.2 Å². The van der Waals surface area contributed by atoms with E-state index < -0.39 is 16.9 Å². The number of hydrogen-bond donors (Lipinski definition) is 5. The van der Waals surface area contributed by atoms with Crippen molar-refractivity contribution in [2.24, 2.45) is 0 Å². The third kappa shape index (κ3) is 8.51. The van der Waals surface area contributed by atoms with Gasteiger partial charge in [-0.15, -0.1) is 0 Å². The molecule has 0 unspecified atom stereocenters. The van der Waals surface area contributed by atoms with Crippen LogP contribution in [0.3, 0.4) is 0 Å². The lowest BCUT2D eigenvalue weighted by molar-refractivity contribution is 0.403. The molecule has 4 heterocycles. The molecule has 0 bridgehead atoms. The van der Waals surface area contributed by atoms with E-state index in [9.17, 15) is 19.2 Å². The van der Waals surface area contributed by atoms with Crippen molar-refractivity contribution in [1.82, 2.24) is 0 Å². The predicted octanol–water partition coefficient (Wildman–Crippen LogP) is 5.70. The van der Waals surface area contributed by atoms with E-state index in [2.05, 4.69) is 0 Å². The molecule has 5 N–H and O–H groups in total. The second-order valence-corrected chi connectivity index (χ2v) is 10.0. The number of aromatic hydroxyl groups is 5. The highest BCUT2D eigenvalue weighted by Gasteiger charge is 2.05. The van der Waals surface area contributed by atoms with Gasteiger partial charge in [-0.2, -0.15) is 0 Å². The lowest BCUT2D eigenvalue weighted by atomic mass is 10.2. The summed E-state index contributed by atoms with van der Waals surface area (Å²) in [5.74, 6) is -0.983. The van der Waals surface area contributed by atoms with E-state index in [1.54, 1.807) is 30.3 Å². The van der Waals surface area contributed by atoms with E-state index in [1.165, 1.54) is 66.7 Å². The molecule has 8 rings (SSSR count). The summed E-state index contributed by atoms with van der Waals surface area (Å²) >= 11 is 0. The quantitative estimate of drug-likeness (QED) is 0.0971. The van der Waals surface area contributed by atoms with Gasteiger partial charge in [0.25, 0.3) is 0 Å². The smallest absolute Gasteiger partial charge is 0.336 e. The molecule has 0 atom stereocenters. The van der Waals surface area contributed by atoms with Gasteiger partial charge in [-0.05, 0) is 54.6 Å². The van der Waals surface area contributed by atoms with Crippen molar-refractivity contribution in [2.75, 3.05) is 0 Å². The molecule has 0 aliphatic carbocycles. The van der Waals surface area contributed by atoms with Gasteiger partial charge in [-0.1, -0.05) is 18.2 Å². The molecule has 246 valence electrons. The predicted molar refractivity (Wildman–Crippen MR) is 178 cm³/mol. The van der Waals surface area contributed by atoms with Crippen molar-refractivity contribution in [1.29, 1.82) is 0 Å². The monoisotopic (exact) mass is 664 g/mol. The van der Waals surface area contributed by atoms with E-state index in [0.717, 1.165) is 10.8 Å². The Kier molecular flexibility index (Phi) is 9.75. The van der Waals surface area contributed by atoms with Crippen molar-refractivity contribution in [3.05, 3.63) is 157 Å². The van der Waals surface area contributed by atoms with Gasteiger partial charge < -0.3 is 43.2 Å². The van der Waals surface area contributed by atoms with E-state index >= 15 is 0 Å². The van der Waals surface area contributed by atoms with Crippen LogP contribution in [0.4, 0.5) is 0 Å². The van der Waals surface area contributed by atoms with Crippen LogP contribution in [0.1, 0.15) is 0 Å². The Labute approximate surface area is 272 Å². The molecule has 13 nitrogen and oxygen atoms in total. The molecule has 8 aromatic rings. The molecule has 0 aliphatic rings. The van der Waals surface area contributed by atoms with Crippen molar-refractivity contribution in [2.45, 2.75) is 0 Å². The maximum absolute atomic E-state index is 10.8. The molecule has 4 aromatic carbocycles. The first-order valence-corrected chi connectivity index (χ1v) is 14.1. The standard InChI is InChI=1S/2C9H6O4.C9H6O3.C9H6O2/c2*10-6-3-5-1-2-9(12)13-8(5)4-7(6)11;10-7-3-1-6-2-4-9(11)12-8(6)5-7;10-9-6-5-7-3-1-2-4-8(7)11-9/h2*1-4,10-11H;1-5,10H;1-6H. The van der Waals surface area contributed by atoms with Crippen LogP contribution < -0.4 is 22.5 Å². The van der Waals surface area contributed by atoms with E-state index in [-0.39, 0.29) is 45.5 Å². The van der Waals surface area contributed by atoms with Crippen molar-refractivity contribution in [3.8, 4) is 28.7 Å². The molecule has 4 aromatic heterocycles. The van der Waals surface area contributed by atoms with Crippen LogP contribution in [-0.2, 0) is 0 Å². The largest absolute Gasteiger partial charge is 0.508 e. The minimum atomic E-state index is -0.488. The summed E-state index contributed by atoms with van der Waals surface area (Å²) in [5.41, 5.74) is -0.139. The Morgan fingerprint density at radius 1 is 0.327 bits per heavy atom. The fourth-order valence-electron chi connectivity index (χ4n) is 4.25. The van der Waals surface area contributed by atoms with Gasteiger partial charge in [-0.25, -0.2) is 19.2 Å². The molecule has 0 fully saturated rings. The van der Waals surface area contributed by atoms with Crippen molar-refractivity contribution >= 4 is 43.9 Å². The lowest BCUT2D eigenvalue weighted by Crippen LogP contribution is -1.93. The molecular weight excluding hydrogens is 640 g/mol. The van der Waals surface area contributed by atoms with Crippen molar-refractivity contribution in [3.63, 3.8) is 0 Å². The first kappa shape index (κ1) is 33.1. The average molecular weight is 665 g/mol. The summed E-state index contributed by atoms with van der Waals surface area (Å²) in [6.07, 6.45) is 0. The van der Waals surface area contributed by atoms with Gasteiger partial charge in [0.15, 0.2) is 23.0 Å². The summed E-state index contributed by atoms with van der Waals surface area (Å²) in [4.78, 5) is 43.0. The third-order valence-corrected chi connectivity index (χ3v) is 6.57. The van der Waals surface area contributed by atoms with E-state index in [0.29, 0.717) is 21.9 Å². The molecule has 0 saturated carbocycles. The Bertz CT molecular complexity index is 2570. The highest BCUT2D eigenvalue weighted by molar-refractivity contribution is 5.81. The number of hydrogen-bond acceptors (Lipinski definition) is 13. The van der Waals surface area contributed by atoms with Gasteiger partial charge in [0.2, 0.25) is 0 Å². The SMILES string of the molecule is O=c1ccc2cc(O)c(O)cc2o1.O=c1ccc2cc(O)c(O)cc2o1.O=c1ccc2ccc(O)cc2o1.O=c1ccc2ccccc2o1. The van der Waals surface area contributed by atoms with Gasteiger partial charge in [0, 0.05) is 64.0 Å². The second kappa shape index (κ2) is 14.4. The van der Waals surface area contributed by atoms with Gasteiger partial charge in [0.05, 0.1) is 0 Å². The highest BCUT2D eigenvalue weighted by atomic mass is 16.4. The Hall–Kier alpha value is -7.28. The lowest BCUT2D eigenvalue weighted by Gasteiger charge is -1.98. The van der Waals surface area contributed by atoms with Crippen LogP contribution in [0.5, 0.6) is 28.7 Å². The number of rotatable bonds is 0. The maximum atomic E-state index is 10.8. The number of phenols is 5. The molecular formula is C36H24O13. The van der Waals surface area contributed by atoms with Crippen LogP contribution >= 0.6 is 0 Å². The molecule has 0 aliphatic heterocycles. The molecule has 0 spiro atoms. The van der Waals surface area contributed by atoms with Gasteiger partial charge in [-0.3, -0.25) is 0 Å². The topological polar surface area (TPSA) is 222 Å². The van der Waals surface area contributed by atoms with Crippen LogP contribution in [0.15, 0.2) is 152 Å². The Balaban J connectivity index is 0.000000128. The Morgan fingerprint density at radius 2 is 0.673 bits per heavy atom. The number of fused-ring (bicyclic) bond motifs is 4. The minimum Gasteiger partial charge on any atom is -0.508 e. The van der Waals surface area contributed by atoms with Crippen LogP contribution in [0.25, 0.3) is 43.9 Å². The fraction of sp³-hybridized carbons (Fsp3) is 0. The van der Waals surface area contributed by atoms with Crippen LogP contribution in [-0.4, -0.2) is 25.5 Å². The zero-order chi connectivity index (χ0) is 35.1. The number of phenolic OH excluding ortho intramolecular Hbond substituents is 5. The number of para-hydroxylation sites is 1. The van der Waals surface area contributed by atoms with Crippen molar-refractivity contribution < 1.29 is 43.2 Å². The zero-order valence-corrected chi connectivity index (χ0v) is 25.0. The molecule has 0 saturated heterocycles. The summed E-state index contributed by atoms with van der Waals surface area (Å²) in [6.45, 7) is 0. The first-order chi connectivity index (χ1) is 23.4. The molecule has 0 radical (unpaired) electrons. The van der Waals surface area contributed by atoms with Gasteiger partial charge >= 0.3 is 22.5 Å². The van der Waals surface area contributed by atoms with Gasteiger partial charge in [0.1, 0.15) is 28.1 Å². The summed E-state index contributed by atoms with van der Waals surface area (Å²) in [7, 11) is 0. The summed E-state index contributed by atoms with van der Waals surface area (Å²) in [5, 5.41) is 48.4. The summed E-state index contributed by atoms with van der Waals surface area (Å²) < 4.78 is 19.3. The average Bonchev–Trinajstić information content (AvgIpc) is 3.07. The molecule has 49 heavy (non-hydrogen) atoms.